The average molecular weight is 346 g/mol. The maximum Gasteiger partial charge on any atom is 0.253 e. The van der Waals surface area contributed by atoms with E-state index in [1.807, 2.05) is 0 Å². The summed E-state index contributed by atoms with van der Waals surface area (Å²) in [5.74, 6) is 0.461. The molecule has 25 heavy (non-hydrogen) atoms. The summed E-state index contributed by atoms with van der Waals surface area (Å²) >= 11 is 0. The van der Waals surface area contributed by atoms with Crippen LogP contribution in [0, 0.1) is 0 Å². The van der Waals surface area contributed by atoms with Gasteiger partial charge in [0.25, 0.3) is 5.91 Å². The van der Waals surface area contributed by atoms with Crippen molar-refractivity contribution in [1.29, 1.82) is 0 Å². The Balaban J connectivity index is 2.11. The molecular formula is C19H26N2O4. The molecule has 6 heteroatoms. The molecule has 1 atom stereocenters. The molecule has 2 amide bonds. The Bertz CT molecular complexity index is 630. The maximum absolute atomic E-state index is 12.2. The van der Waals surface area contributed by atoms with Gasteiger partial charge in [-0.25, -0.2) is 0 Å². The quantitative estimate of drug-likeness (QED) is 0.580. The number of carbonyl (C=O) groups is 2. The van der Waals surface area contributed by atoms with Crippen LogP contribution < -0.4 is 15.0 Å². The number of anilines is 2. The number of hydrogen-bond donors (Lipinski definition) is 1. The molecule has 0 radical (unpaired) electrons. The highest BCUT2D eigenvalue weighted by molar-refractivity contribution is 5.98. The van der Waals surface area contributed by atoms with E-state index in [0.29, 0.717) is 43.1 Å². The van der Waals surface area contributed by atoms with Gasteiger partial charge in [0.05, 0.1) is 19.4 Å². The number of methoxy groups -OCH3 is 1. The van der Waals surface area contributed by atoms with Crippen LogP contribution in [0.2, 0.25) is 0 Å². The lowest BCUT2D eigenvalue weighted by Gasteiger charge is -2.28. The van der Waals surface area contributed by atoms with Crippen LogP contribution in [0.4, 0.5) is 11.4 Å². The van der Waals surface area contributed by atoms with Crippen LogP contribution in [0.1, 0.15) is 32.6 Å². The van der Waals surface area contributed by atoms with Crippen LogP contribution in [-0.4, -0.2) is 38.2 Å². The number of ether oxygens (including phenoxy) is 2. The number of piperidine rings is 1. The van der Waals surface area contributed by atoms with Crippen molar-refractivity contribution in [2.24, 2.45) is 0 Å². The van der Waals surface area contributed by atoms with Crippen LogP contribution in [0.5, 0.6) is 5.75 Å². The van der Waals surface area contributed by atoms with E-state index in [0.717, 1.165) is 12.8 Å². The van der Waals surface area contributed by atoms with Gasteiger partial charge in [-0.15, -0.1) is 6.58 Å². The van der Waals surface area contributed by atoms with Crippen molar-refractivity contribution in [1.82, 2.24) is 0 Å². The zero-order valence-electron chi connectivity index (χ0n) is 14.9. The molecule has 0 aliphatic carbocycles. The van der Waals surface area contributed by atoms with Crippen LogP contribution in [0.25, 0.3) is 0 Å². The van der Waals surface area contributed by atoms with Crippen LogP contribution in [0.3, 0.4) is 0 Å². The normalized spacial score (nSPS) is 15.6. The van der Waals surface area contributed by atoms with E-state index < -0.39 is 6.10 Å². The summed E-state index contributed by atoms with van der Waals surface area (Å²) in [6.45, 7) is 6.44. The Morgan fingerprint density at radius 3 is 2.92 bits per heavy atom. The van der Waals surface area contributed by atoms with E-state index in [-0.39, 0.29) is 11.8 Å². The number of hydrogen-bond acceptors (Lipinski definition) is 4. The van der Waals surface area contributed by atoms with Gasteiger partial charge in [-0.3, -0.25) is 9.59 Å². The van der Waals surface area contributed by atoms with E-state index in [9.17, 15) is 9.59 Å². The number of nitrogens with zero attached hydrogens (tertiary/aromatic N) is 1. The molecule has 1 N–H and O–H groups in total. The Morgan fingerprint density at radius 1 is 1.44 bits per heavy atom. The van der Waals surface area contributed by atoms with Gasteiger partial charge in [0.15, 0.2) is 0 Å². The highest BCUT2D eigenvalue weighted by Crippen LogP contribution is 2.33. The molecule has 1 aromatic carbocycles. The van der Waals surface area contributed by atoms with Crippen molar-refractivity contribution in [2.75, 3.05) is 30.5 Å². The molecule has 0 bridgehead atoms. The maximum atomic E-state index is 12.2. The number of carbonyl (C=O) groups excluding carboxylic acids is 2. The van der Waals surface area contributed by atoms with Crippen LogP contribution >= 0.6 is 0 Å². The molecule has 0 saturated carbocycles. The summed E-state index contributed by atoms with van der Waals surface area (Å²) in [5.41, 5.74) is 1.29. The van der Waals surface area contributed by atoms with Gasteiger partial charge < -0.3 is 19.7 Å². The van der Waals surface area contributed by atoms with Crippen LogP contribution in [-0.2, 0) is 14.3 Å². The molecule has 1 heterocycles. The first kappa shape index (κ1) is 19.0. The number of amides is 2. The molecule has 1 aliphatic heterocycles. The molecule has 1 saturated heterocycles. The Morgan fingerprint density at radius 2 is 2.24 bits per heavy atom. The summed E-state index contributed by atoms with van der Waals surface area (Å²) in [7, 11) is 1.57. The van der Waals surface area contributed by atoms with Gasteiger partial charge in [-0.2, -0.15) is 0 Å². The standard InChI is InChI=1S/C19H26N2O4/c1-4-5-12-25-14(2)19(23)20-15-9-10-17(24-3)16(13-15)21-11-7-6-8-18(21)22/h4,9-10,13-14H,1,5-8,11-12H2,2-3H3,(H,20,23). The second kappa shape index (κ2) is 9.22. The fourth-order valence-corrected chi connectivity index (χ4v) is 2.69. The first-order valence-electron chi connectivity index (χ1n) is 8.58. The lowest BCUT2D eigenvalue weighted by Crippen LogP contribution is -2.35. The van der Waals surface area contributed by atoms with Crippen molar-refractivity contribution in [3.05, 3.63) is 30.9 Å². The monoisotopic (exact) mass is 346 g/mol. The molecular weight excluding hydrogens is 320 g/mol. The minimum absolute atomic E-state index is 0.0779. The molecule has 0 aromatic heterocycles. The first-order valence-corrected chi connectivity index (χ1v) is 8.58. The van der Waals surface area contributed by atoms with Gasteiger partial charge in [0, 0.05) is 18.7 Å². The molecule has 1 aliphatic rings. The van der Waals surface area contributed by atoms with Crippen LogP contribution in [0.15, 0.2) is 30.9 Å². The number of rotatable bonds is 8. The van der Waals surface area contributed by atoms with E-state index >= 15 is 0 Å². The Kier molecular flexibility index (Phi) is 7.01. The van der Waals surface area contributed by atoms with E-state index in [1.54, 1.807) is 43.2 Å². The van der Waals surface area contributed by atoms with Gasteiger partial charge >= 0.3 is 0 Å². The predicted molar refractivity (Wildman–Crippen MR) is 98.1 cm³/mol. The summed E-state index contributed by atoms with van der Waals surface area (Å²) < 4.78 is 10.8. The number of nitrogens with one attached hydrogen (secondary N) is 1. The largest absolute Gasteiger partial charge is 0.495 e. The molecule has 0 spiro atoms. The Labute approximate surface area is 148 Å². The lowest BCUT2D eigenvalue weighted by atomic mass is 10.1. The third-order valence-electron chi connectivity index (χ3n) is 4.12. The smallest absolute Gasteiger partial charge is 0.253 e. The zero-order valence-corrected chi connectivity index (χ0v) is 14.9. The molecule has 136 valence electrons. The van der Waals surface area contributed by atoms with Crippen molar-refractivity contribution in [3.63, 3.8) is 0 Å². The van der Waals surface area contributed by atoms with E-state index in [1.165, 1.54) is 0 Å². The van der Waals surface area contributed by atoms with Crippen molar-refractivity contribution in [2.45, 2.75) is 38.7 Å². The minimum Gasteiger partial charge on any atom is -0.495 e. The highest BCUT2D eigenvalue weighted by Gasteiger charge is 2.23. The van der Waals surface area contributed by atoms with E-state index in [4.69, 9.17) is 9.47 Å². The summed E-state index contributed by atoms with van der Waals surface area (Å²) in [6, 6.07) is 5.29. The lowest BCUT2D eigenvalue weighted by molar-refractivity contribution is -0.126. The third kappa shape index (κ3) is 5.06. The molecule has 1 unspecified atom stereocenters. The zero-order chi connectivity index (χ0) is 18.2. The second-order valence-corrected chi connectivity index (χ2v) is 5.97. The van der Waals surface area contributed by atoms with Gasteiger partial charge in [-0.1, -0.05) is 6.08 Å². The van der Waals surface area contributed by atoms with Crippen molar-refractivity contribution >= 4 is 23.2 Å². The predicted octanol–water partition coefficient (Wildman–Crippen LogP) is 3.13. The SMILES string of the molecule is C=CCCOC(C)C(=O)Nc1ccc(OC)c(N2CCCCC2=O)c1. The van der Waals surface area contributed by atoms with Crippen molar-refractivity contribution < 1.29 is 19.1 Å². The second-order valence-electron chi connectivity index (χ2n) is 5.97. The molecule has 1 aromatic rings. The van der Waals surface area contributed by atoms with Gasteiger partial charge in [-0.05, 0) is 44.4 Å². The topological polar surface area (TPSA) is 67.9 Å². The average Bonchev–Trinajstić information content (AvgIpc) is 2.62. The van der Waals surface area contributed by atoms with E-state index in [2.05, 4.69) is 11.9 Å². The fraction of sp³-hybridized carbons (Fsp3) is 0.474. The Hall–Kier alpha value is -2.34. The van der Waals surface area contributed by atoms with Gasteiger partial charge in [0.1, 0.15) is 11.9 Å². The molecule has 6 nitrogen and oxygen atoms in total. The molecule has 1 fully saturated rings. The summed E-state index contributed by atoms with van der Waals surface area (Å²) in [4.78, 5) is 26.2. The summed E-state index contributed by atoms with van der Waals surface area (Å²) in [6.07, 6.45) is 4.28. The third-order valence-corrected chi connectivity index (χ3v) is 4.12. The minimum atomic E-state index is -0.567. The highest BCUT2D eigenvalue weighted by atomic mass is 16.5. The fourth-order valence-electron chi connectivity index (χ4n) is 2.69. The number of benzene rings is 1. The molecule has 2 rings (SSSR count). The van der Waals surface area contributed by atoms with Gasteiger partial charge in [0.2, 0.25) is 5.91 Å². The summed E-state index contributed by atoms with van der Waals surface area (Å²) in [5, 5.41) is 2.83. The first-order chi connectivity index (χ1) is 12.1. The van der Waals surface area contributed by atoms with Crippen molar-refractivity contribution in [3.8, 4) is 5.75 Å².